The van der Waals surface area contributed by atoms with Crippen LogP contribution in [0.15, 0.2) is 29.0 Å². The minimum Gasteiger partial charge on any atom is -0.339 e. The Bertz CT molecular complexity index is 916. The third kappa shape index (κ3) is 3.72. The van der Waals surface area contributed by atoms with Crippen molar-refractivity contribution in [3.63, 3.8) is 0 Å². The molecule has 2 aliphatic heterocycles. The summed E-state index contributed by atoms with van der Waals surface area (Å²) in [6.45, 7) is 2.04. The molecule has 0 radical (unpaired) electrons. The standard InChI is InChI=1S/C17H21N5O4S/c1-27(24,25)22-7-4-12(5-8-22)15-19-16(26-20-15)14-10-21(11-14)17(23)13-3-2-6-18-9-13/h2-3,6,9,12,14H,4-5,7-8,10-11H2,1H3. The average Bonchev–Trinajstić information content (AvgIpc) is 3.10. The van der Waals surface area contributed by atoms with Crippen molar-refractivity contribution in [1.82, 2.24) is 24.3 Å². The SMILES string of the molecule is CS(=O)(=O)N1CCC(c2noc(C3CN(C(=O)c4cccnc4)C3)n2)CC1. The van der Waals surface area contributed by atoms with Crippen LogP contribution in [-0.4, -0.2) is 71.1 Å². The van der Waals surface area contributed by atoms with Crippen molar-refractivity contribution in [2.24, 2.45) is 0 Å². The van der Waals surface area contributed by atoms with Gasteiger partial charge >= 0.3 is 0 Å². The Hall–Kier alpha value is -2.33. The number of nitrogens with zero attached hydrogens (tertiary/aromatic N) is 5. The zero-order valence-corrected chi connectivity index (χ0v) is 15.8. The Labute approximate surface area is 157 Å². The highest BCUT2D eigenvalue weighted by Crippen LogP contribution is 2.31. The third-order valence-corrected chi connectivity index (χ3v) is 6.48. The Morgan fingerprint density at radius 2 is 1.96 bits per heavy atom. The summed E-state index contributed by atoms with van der Waals surface area (Å²) in [4.78, 5) is 22.5. The molecule has 0 N–H and O–H groups in total. The van der Waals surface area contributed by atoms with Gasteiger partial charge in [0.1, 0.15) is 0 Å². The van der Waals surface area contributed by atoms with E-state index in [0.29, 0.717) is 56.3 Å². The van der Waals surface area contributed by atoms with E-state index in [4.69, 9.17) is 4.52 Å². The summed E-state index contributed by atoms with van der Waals surface area (Å²) in [5.74, 6) is 1.28. The summed E-state index contributed by atoms with van der Waals surface area (Å²) in [5.41, 5.74) is 0.569. The minimum atomic E-state index is -3.14. The van der Waals surface area contributed by atoms with Gasteiger partial charge in [0.05, 0.1) is 17.7 Å². The molecule has 2 fully saturated rings. The Balaban J connectivity index is 1.33. The van der Waals surface area contributed by atoms with Crippen LogP contribution in [0.5, 0.6) is 0 Å². The first kappa shape index (κ1) is 18.1. The van der Waals surface area contributed by atoms with Crippen LogP contribution < -0.4 is 0 Å². The highest BCUT2D eigenvalue weighted by atomic mass is 32.2. The summed E-state index contributed by atoms with van der Waals surface area (Å²) in [5, 5.41) is 4.09. The minimum absolute atomic E-state index is 0.0444. The Kier molecular flexibility index (Phi) is 4.68. The zero-order valence-electron chi connectivity index (χ0n) is 15.0. The molecule has 2 aliphatic rings. The molecule has 0 spiro atoms. The van der Waals surface area contributed by atoms with E-state index in [1.807, 2.05) is 0 Å². The van der Waals surface area contributed by atoms with Crippen LogP contribution in [0.2, 0.25) is 0 Å². The maximum Gasteiger partial charge on any atom is 0.255 e. The highest BCUT2D eigenvalue weighted by molar-refractivity contribution is 7.88. The number of piperidine rings is 1. The highest BCUT2D eigenvalue weighted by Gasteiger charge is 2.37. The first-order valence-corrected chi connectivity index (χ1v) is 10.7. The van der Waals surface area contributed by atoms with E-state index >= 15 is 0 Å². The van der Waals surface area contributed by atoms with Crippen LogP contribution in [0.3, 0.4) is 0 Å². The summed E-state index contributed by atoms with van der Waals surface area (Å²) < 4.78 is 30.1. The number of hydrogen-bond acceptors (Lipinski definition) is 7. The normalized spacial score (nSPS) is 19.8. The lowest BCUT2D eigenvalue weighted by atomic mass is 9.97. The lowest BCUT2D eigenvalue weighted by Gasteiger charge is -2.37. The predicted octanol–water partition coefficient (Wildman–Crippen LogP) is 0.843. The Morgan fingerprint density at radius 1 is 1.22 bits per heavy atom. The van der Waals surface area contributed by atoms with Crippen LogP contribution in [0.1, 0.15) is 46.8 Å². The van der Waals surface area contributed by atoms with E-state index < -0.39 is 10.0 Å². The van der Waals surface area contributed by atoms with Gasteiger partial charge in [-0.2, -0.15) is 4.98 Å². The van der Waals surface area contributed by atoms with Crippen molar-refractivity contribution in [3.05, 3.63) is 41.8 Å². The van der Waals surface area contributed by atoms with Gasteiger partial charge in [-0.15, -0.1) is 0 Å². The lowest BCUT2D eigenvalue weighted by Crippen LogP contribution is -2.48. The molecule has 1 amide bonds. The molecule has 4 heterocycles. The second kappa shape index (κ2) is 7.01. The van der Waals surface area contributed by atoms with Gasteiger partial charge in [0.25, 0.3) is 5.91 Å². The first-order valence-electron chi connectivity index (χ1n) is 8.90. The van der Waals surface area contributed by atoms with E-state index in [-0.39, 0.29) is 17.7 Å². The molecule has 144 valence electrons. The van der Waals surface area contributed by atoms with Crippen LogP contribution in [-0.2, 0) is 10.0 Å². The van der Waals surface area contributed by atoms with E-state index in [9.17, 15) is 13.2 Å². The zero-order chi connectivity index (χ0) is 19.0. The van der Waals surface area contributed by atoms with Crippen molar-refractivity contribution in [1.29, 1.82) is 0 Å². The van der Waals surface area contributed by atoms with Crippen molar-refractivity contribution < 1.29 is 17.7 Å². The van der Waals surface area contributed by atoms with Crippen LogP contribution in [0.25, 0.3) is 0 Å². The monoisotopic (exact) mass is 391 g/mol. The number of hydrogen-bond donors (Lipinski definition) is 0. The molecular formula is C17H21N5O4S. The summed E-state index contributed by atoms with van der Waals surface area (Å²) in [6, 6.07) is 3.49. The van der Waals surface area contributed by atoms with Crippen LogP contribution in [0.4, 0.5) is 0 Å². The molecule has 27 heavy (non-hydrogen) atoms. The smallest absolute Gasteiger partial charge is 0.255 e. The molecule has 2 aromatic heterocycles. The van der Waals surface area contributed by atoms with Crippen LogP contribution >= 0.6 is 0 Å². The van der Waals surface area contributed by atoms with Gasteiger partial charge in [-0.1, -0.05) is 5.16 Å². The van der Waals surface area contributed by atoms with Gasteiger partial charge in [0, 0.05) is 44.5 Å². The van der Waals surface area contributed by atoms with E-state index in [0.717, 1.165) is 0 Å². The Morgan fingerprint density at radius 3 is 2.59 bits per heavy atom. The number of likely N-dealkylation sites (tertiary alicyclic amines) is 1. The van der Waals surface area contributed by atoms with Crippen molar-refractivity contribution in [3.8, 4) is 0 Å². The molecule has 4 rings (SSSR count). The van der Waals surface area contributed by atoms with Crippen LogP contribution in [0, 0.1) is 0 Å². The molecule has 0 aromatic carbocycles. The van der Waals surface area contributed by atoms with Gasteiger partial charge in [-0.05, 0) is 25.0 Å². The fraction of sp³-hybridized carbons (Fsp3) is 0.529. The van der Waals surface area contributed by atoms with Gasteiger partial charge in [-0.25, -0.2) is 12.7 Å². The number of amides is 1. The molecule has 2 saturated heterocycles. The number of aromatic nitrogens is 3. The number of carbonyl (C=O) groups excluding carboxylic acids is 1. The summed E-state index contributed by atoms with van der Waals surface area (Å²) in [6.07, 6.45) is 5.79. The summed E-state index contributed by atoms with van der Waals surface area (Å²) in [7, 11) is -3.14. The second-order valence-electron chi connectivity index (χ2n) is 7.08. The topological polar surface area (TPSA) is 110 Å². The predicted molar refractivity (Wildman–Crippen MR) is 95.6 cm³/mol. The largest absolute Gasteiger partial charge is 0.339 e. The number of pyridine rings is 1. The van der Waals surface area contributed by atoms with Gasteiger partial charge in [0.2, 0.25) is 15.9 Å². The van der Waals surface area contributed by atoms with Crippen molar-refractivity contribution in [2.45, 2.75) is 24.7 Å². The summed E-state index contributed by atoms with van der Waals surface area (Å²) >= 11 is 0. The molecule has 9 nitrogen and oxygen atoms in total. The molecule has 0 unspecified atom stereocenters. The maximum absolute atomic E-state index is 12.3. The molecular weight excluding hydrogens is 370 g/mol. The van der Waals surface area contributed by atoms with Crippen molar-refractivity contribution in [2.75, 3.05) is 32.4 Å². The third-order valence-electron chi connectivity index (χ3n) is 5.17. The fourth-order valence-electron chi connectivity index (χ4n) is 3.50. The van der Waals surface area contributed by atoms with Gasteiger partial charge < -0.3 is 9.42 Å². The molecule has 2 aromatic rings. The van der Waals surface area contributed by atoms with E-state index in [1.165, 1.54) is 10.6 Å². The first-order chi connectivity index (χ1) is 12.9. The van der Waals surface area contributed by atoms with E-state index in [2.05, 4.69) is 15.1 Å². The molecule has 10 heteroatoms. The average molecular weight is 391 g/mol. The molecule has 0 saturated carbocycles. The second-order valence-corrected chi connectivity index (χ2v) is 9.06. The van der Waals surface area contributed by atoms with Gasteiger partial charge in [0.15, 0.2) is 5.82 Å². The maximum atomic E-state index is 12.3. The number of sulfonamides is 1. The van der Waals surface area contributed by atoms with E-state index in [1.54, 1.807) is 29.4 Å². The fourth-order valence-corrected chi connectivity index (χ4v) is 4.37. The molecule has 0 bridgehead atoms. The quantitative estimate of drug-likeness (QED) is 0.760. The van der Waals surface area contributed by atoms with Gasteiger partial charge in [-0.3, -0.25) is 9.78 Å². The number of rotatable bonds is 4. The molecule has 0 aliphatic carbocycles. The molecule has 0 atom stereocenters. The lowest BCUT2D eigenvalue weighted by molar-refractivity contribution is 0.0568. The number of carbonyl (C=O) groups is 1. The van der Waals surface area contributed by atoms with Crippen molar-refractivity contribution >= 4 is 15.9 Å².